The molecule has 18 heavy (non-hydrogen) atoms. The van der Waals surface area contributed by atoms with Gasteiger partial charge in [-0.2, -0.15) is 0 Å². The normalized spacial score (nSPS) is 27.4. The molecule has 0 aliphatic carbocycles. The Morgan fingerprint density at radius 1 is 0.944 bits per heavy atom. The lowest BCUT2D eigenvalue weighted by Crippen LogP contribution is -2.63. The van der Waals surface area contributed by atoms with E-state index in [1.165, 1.54) is 0 Å². The number of amides is 1. The second kappa shape index (κ2) is 4.84. The average molecular weight is 254 g/mol. The molecule has 0 aromatic rings. The van der Waals surface area contributed by atoms with Crippen molar-refractivity contribution in [1.82, 2.24) is 9.80 Å². The molecule has 1 unspecified atom stereocenters. The van der Waals surface area contributed by atoms with E-state index in [9.17, 15) is 4.79 Å². The third-order valence-electron chi connectivity index (χ3n) is 3.75. The molecule has 1 saturated heterocycles. The first-order valence-corrected chi connectivity index (χ1v) is 7.02. The van der Waals surface area contributed by atoms with Crippen LogP contribution in [0.3, 0.4) is 0 Å². The summed E-state index contributed by atoms with van der Waals surface area (Å²) in [6, 6.07) is 0.722. The van der Waals surface area contributed by atoms with Gasteiger partial charge in [0, 0.05) is 36.1 Å². The van der Waals surface area contributed by atoms with E-state index in [4.69, 9.17) is 0 Å². The molecule has 1 rings (SSSR count). The molecule has 0 radical (unpaired) electrons. The summed E-state index contributed by atoms with van der Waals surface area (Å²) in [5.74, 6) is 0.274. The van der Waals surface area contributed by atoms with Gasteiger partial charge in [0.2, 0.25) is 5.91 Å². The number of piperazine rings is 1. The number of hydrogen-bond donors (Lipinski definition) is 0. The van der Waals surface area contributed by atoms with Gasteiger partial charge in [-0.05, 0) is 34.6 Å². The lowest BCUT2D eigenvalue weighted by Gasteiger charge is -2.50. The maximum absolute atomic E-state index is 12.4. The summed E-state index contributed by atoms with van der Waals surface area (Å²) in [7, 11) is 0. The maximum atomic E-state index is 12.4. The highest BCUT2D eigenvalue weighted by Gasteiger charge is 2.39. The summed E-state index contributed by atoms with van der Waals surface area (Å²) >= 11 is 0. The molecule has 0 bridgehead atoms. The van der Waals surface area contributed by atoms with Crippen LogP contribution in [0.15, 0.2) is 0 Å². The van der Waals surface area contributed by atoms with Crippen molar-refractivity contribution in [1.29, 1.82) is 0 Å². The molecule has 0 saturated carbocycles. The summed E-state index contributed by atoms with van der Waals surface area (Å²) in [5, 5.41) is 0. The van der Waals surface area contributed by atoms with Crippen LogP contribution in [0, 0.1) is 5.41 Å². The molecule has 1 aliphatic heterocycles. The van der Waals surface area contributed by atoms with Crippen LogP contribution in [0.4, 0.5) is 0 Å². The van der Waals surface area contributed by atoms with Crippen LogP contribution in [0.2, 0.25) is 0 Å². The lowest BCUT2D eigenvalue weighted by molar-refractivity contribution is -0.147. The highest BCUT2D eigenvalue weighted by atomic mass is 16.2. The van der Waals surface area contributed by atoms with Crippen LogP contribution in [0.25, 0.3) is 0 Å². The molecule has 0 spiro atoms. The number of rotatable bonds is 0. The summed E-state index contributed by atoms with van der Waals surface area (Å²) < 4.78 is 0. The van der Waals surface area contributed by atoms with Gasteiger partial charge in [0.05, 0.1) is 0 Å². The fourth-order valence-electron chi connectivity index (χ4n) is 2.78. The molecule has 0 N–H and O–H groups in total. The number of nitrogens with zero attached hydrogens (tertiary/aromatic N) is 2. The van der Waals surface area contributed by atoms with Crippen molar-refractivity contribution in [3.8, 4) is 0 Å². The van der Waals surface area contributed by atoms with E-state index >= 15 is 0 Å². The summed E-state index contributed by atoms with van der Waals surface area (Å²) in [6.45, 7) is 18.9. The molecule has 106 valence electrons. The summed E-state index contributed by atoms with van der Waals surface area (Å²) in [4.78, 5) is 17.0. The van der Waals surface area contributed by atoms with Crippen LogP contribution >= 0.6 is 0 Å². The van der Waals surface area contributed by atoms with Gasteiger partial charge in [0.1, 0.15) is 0 Å². The predicted octanol–water partition coefficient (Wildman–Crippen LogP) is 2.75. The molecule has 3 heteroatoms. The maximum Gasteiger partial charge on any atom is 0.228 e. The highest BCUT2D eigenvalue weighted by molar-refractivity contribution is 5.82. The topological polar surface area (TPSA) is 23.6 Å². The quantitative estimate of drug-likeness (QED) is 0.663. The fourth-order valence-corrected chi connectivity index (χ4v) is 2.78. The molecule has 0 aromatic heterocycles. The predicted molar refractivity (Wildman–Crippen MR) is 76.6 cm³/mol. The highest BCUT2D eigenvalue weighted by Crippen LogP contribution is 2.27. The van der Waals surface area contributed by atoms with Gasteiger partial charge in [-0.1, -0.05) is 20.8 Å². The number of carbonyl (C=O) groups is 1. The van der Waals surface area contributed by atoms with Crippen molar-refractivity contribution in [2.24, 2.45) is 5.41 Å². The molecular formula is C15H30N2O. The summed E-state index contributed by atoms with van der Waals surface area (Å²) in [5.41, 5.74) is -0.109. The molecule has 1 amide bonds. The van der Waals surface area contributed by atoms with Crippen LogP contribution in [0.5, 0.6) is 0 Å². The number of carbonyl (C=O) groups excluding carboxylic acids is 1. The Labute approximate surface area is 113 Å². The van der Waals surface area contributed by atoms with Crippen molar-refractivity contribution < 1.29 is 4.79 Å². The van der Waals surface area contributed by atoms with Crippen LogP contribution in [-0.2, 0) is 4.79 Å². The van der Waals surface area contributed by atoms with E-state index in [1.807, 2.05) is 20.8 Å². The zero-order valence-corrected chi connectivity index (χ0v) is 13.4. The smallest absolute Gasteiger partial charge is 0.228 e. The van der Waals surface area contributed by atoms with Gasteiger partial charge in [0.15, 0.2) is 0 Å². The Hall–Kier alpha value is -0.570. The van der Waals surface area contributed by atoms with Gasteiger partial charge in [-0.15, -0.1) is 0 Å². The largest absolute Gasteiger partial charge is 0.337 e. The first-order chi connectivity index (χ1) is 7.94. The van der Waals surface area contributed by atoms with Crippen molar-refractivity contribution in [3.63, 3.8) is 0 Å². The van der Waals surface area contributed by atoms with Gasteiger partial charge < -0.3 is 4.90 Å². The zero-order chi connectivity index (χ0) is 14.3. The minimum atomic E-state index is -0.280. The molecule has 3 nitrogen and oxygen atoms in total. The molecular weight excluding hydrogens is 224 g/mol. The van der Waals surface area contributed by atoms with Gasteiger partial charge >= 0.3 is 0 Å². The Balaban J connectivity index is 2.84. The van der Waals surface area contributed by atoms with Crippen molar-refractivity contribution in [2.45, 2.75) is 73.0 Å². The molecule has 1 fully saturated rings. The Bertz CT molecular complexity index is 311. The molecule has 2 atom stereocenters. The Morgan fingerprint density at radius 2 is 1.44 bits per heavy atom. The summed E-state index contributed by atoms with van der Waals surface area (Å²) in [6.07, 6.45) is 0. The molecule has 0 aromatic carbocycles. The molecule has 1 aliphatic rings. The van der Waals surface area contributed by atoms with E-state index in [2.05, 4.69) is 44.4 Å². The lowest BCUT2D eigenvalue weighted by atomic mass is 9.91. The van der Waals surface area contributed by atoms with E-state index < -0.39 is 0 Å². The minimum absolute atomic E-state index is 0.171. The van der Waals surface area contributed by atoms with E-state index in [0.717, 1.165) is 13.1 Å². The van der Waals surface area contributed by atoms with Crippen LogP contribution in [-0.4, -0.2) is 46.4 Å². The second-order valence-corrected chi connectivity index (χ2v) is 7.73. The zero-order valence-electron chi connectivity index (χ0n) is 13.4. The van der Waals surface area contributed by atoms with E-state index in [0.29, 0.717) is 12.1 Å². The van der Waals surface area contributed by atoms with Crippen molar-refractivity contribution in [3.05, 3.63) is 0 Å². The Morgan fingerprint density at radius 3 is 1.83 bits per heavy atom. The van der Waals surface area contributed by atoms with Gasteiger partial charge in [-0.25, -0.2) is 0 Å². The number of hydrogen-bond acceptors (Lipinski definition) is 2. The van der Waals surface area contributed by atoms with Crippen molar-refractivity contribution in [2.75, 3.05) is 13.1 Å². The third kappa shape index (κ3) is 3.25. The first-order valence-electron chi connectivity index (χ1n) is 7.02. The van der Waals surface area contributed by atoms with Gasteiger partial charge in [0.25, 0.3) is 0 Å². The van der Waals surface area contributed by atoms with E-state index in [1.54, 1.807) is 0 Å². The van der Waals surface area contributed by atoms with Crippen LogP contribution in [0.1, 0.15) is 55.4 Å². The fraction of sp³-hybridized carbons (Fsp3) is 0.933. The second-order valence-electron chi connectivity index (χ2n) is 7.73. The Kier molecular flexibility index (Phi) is 4.16. The van der Waals surface area contributed by atoms with E-state index in [-0.39, 0.29) is 16.9 Å². The molecule has 1 heterocycles. The third-order valence-corrected chi connectivity index (χ3v) is 3.75. The average Bonchev–Trinajstić information content (AvgIpc) is 2.16. The minimum Gasteiger partial charge on any atom is -0.337 e. The SMILES string of the molecule is CC1CN(C(=O)C(C)(C)C)[C@H](C)CN1C(C)(C)C. The standard InChI is InChI=1S/C15H30N2O/c1-11-10-17(15(6,7)8)12(2)9-16(11)13(18)14(3,4)5/h11-12H,9-10H2,1-8H3/t11-,12?/m1/s1. The van der Waals surface area contributed by atoms with Crippen LogP contribution < -0.4 is 0 Å². The van der Waals surface area contributed by atoms with Crippen molar-refractivity contribution >= 4 is 5.91 Å². The first kappa shape index (κ1) is 15.5. The van der Waals surface area contributed by atoms with Gasteiger partial charge in [-0.3, -0.25) is 9.69 Å². The monoisotopic (exact) mass is 254 g/mol.